The third kappa shape index (κ3) is 2.99. The highest BCUT2D eigenvalue weighted by Gasteiger charge is 2.18. The monoisotopic (exact) mass is 234 g/mol. The number of hydrogen-bond donors (Lipinski definition) is 2. The largest absolute Gasteiger partial charge is 0.396 e. The zero-order valence-electron chi connectivity index (χ0n) is 10.5. The SMILES string of the molecule is C[C@H](N)c1ccc(N2CCC(CO)CC2)cc1. The molecule has 0 spiro atoms. The predicted octanol–water partition coefficient (Wildman–Crippen LogP) is 1.92. The maximum atomic E-state index is 9.11. The number of anilines is 1. The second-order valence-corrected chi connectivity index (χ2v) is 4.99. The highest BCUT2D eigenvalue weighted by atomic mass is 16.3. The highest BCUT2D eigenvalue weighted by molar-refractivity contribution is 5.48. The van der Waals surface area contributed by atoms with Crippen LogP contribution in [0.5, 0.6) is 0 Å². The van der Waals surface area contributed by atoms with E-state index >= 15 is 0 Å². The Kier molecular flexibility index (Phi) is 4.02. The Balaban J connectivity index is 1.99. The Morgan fingerprint density at radius 2 is 1.88 bits per heavy atom. The molecule has 0 saturated carbocycles. The van der Waals surface area contributed by atoms with Gasteiger partial charge in [0.05, 0.1) is 0 Å². The van der Waals surface area contributed by atoms with E-state index in [1.54, 1.807) is 0 Å². The number of aliphatic hydroxyl groups excluding tert-OH is 1. The first-order chi connectivity index (χ1) is 8.20. The van der Waals surface area contributed by atoms with Crippen LogP contribution in [0.25, 0.3) is 0 Å². The lowest BCUT2D eigenvalue weighted by Crippen LogP contribution is -2.34. The summed E-state index contributed by atoms with van der Waals surface area (Å²) in [4.78, 5) is 2.39. The van der Waals surface area contributed by atoms with Crippen LogP contribution >= 0.6 is 0 Å². The summed E-state index contributed by atoms with van der Waals surface area (Å²) in [7, 11) is 0. The smallest absolute Gasteiger partial charge is 0.0460 e. The van der Waals surface area contributed by atoms with Crippen molar-refractivity contribution in [1.29, 1.82) is 0 Å². The molecule has 0 unspecified atom stereocenters. The van der Waals surface area contributed by atoms with Gasteiger partial charge in [0.2, 0.25) is 0 Å². The van der Waals surface area contributed by atoms with Gasteiger partial charge in [-0.25, -0.2) is 0 Å². The fourth-order valence-corrected chi connectivity index (χ4v) is 2.36. The van der Waals surface area contributed by atoms with E-state index in [1.165, 1.54) is 11.3 Å². The first-order valence-electron chi connectivity index (χ1n) is 6.42. The molecule has 1 heterocycles. The van der Waals surface area contributed by atoms with Crippen LogP contribution in [0.1, 0.15) is 31.4 Å². The fraction of sp³-hybridized carbons (Fsp3) is 0.571. The average molecular weight is 234 g/mol. The van der Waals surface area contributed by atoms with Gasteiger partial charge in [0.25, 0.3) is 0 Å². The van der Waals surface area contributed by atoms with Crippen molar-refractivity contribution in [1.82, 2.24) is 0 Å². The summed E-state index contributed by atoms with van der Waals surface area (Å²) in [5.41, 5.74) is 8.29. The lowest BCUT2D eigenvalue weighted by Gasteiger charge is -2.33. The van der Waals surface area contributed by atoms with Gasteiger partial charge < -0.3 is 15.7 Å². The van der Waals surface area contributed by atoms with Crippen molar-refractivity contribution in [2.24, 2.45) is 11.7 Å². The van der Waals surface area contributed by atoms with Gasteiger partial charge in [0.1, 0.15) is 0 Å². The minimum atomic E-state index is 0.101. The number of aliphatic hydroxyl groups is 1. The Morgan fingerprint density at radius 1 is 1.29 bits per heavy atom. The Morgan fingerprint density at radius 3 is 2.35 bits per heavy atom. The van der Waals surface area contributed by atoms with E-state index in [9.17, 15) is 0 Å². The van der Waals surface area contributed by atoms with Crippen molar-refractivity contribution >= 4 is 5.69 Å². The second-order valence-electron chi connectivity index (χ2n) is 4.99. The topological polar surface area (TPSA) is 49.5 Å². The van der Waals surface area contributed by atoms with E-state index in [0.29, 0.717) is 12.5 Å². The average Bonchev–Trinajstić information content (AvgIpc) is 2.39. The molecule has 1 saturated heterocycles. The molecule has 0 radical (unpaired) electrons. The van der Waals surface area contributed by atoms with Crippen LogP contribution in [-0.4, -0.2) is 24.8 Å². The van der Waals surface area contributed by atoms with Crippen LogP contribution in [0.2, 0.25) is 0 Å². The van der Waals surface area contributed by atoms with Crippen molar-refractivity contribution in [3.63, 3.8) is 0 Å². The summed E-state index contributed by atoms with van der Waals surface area (Å²) in [5.74, 6) is 0.495. The summed E-state index contributed by atoms with van der Waals surface area (Å²) >= 11 is 0. The molecule has 1 atom stereocenters. The van der Waals surface area contributed by atoms with Crippen molar-refractivity contribution < 1.29 is 5.11 Å². The quantitative estimate of drug-likeness (QED) is 0.840. The third-order valence-electron chi connectivity index (χ3n) is 3.66. The summed E-state index contributed by atoms with van der Waals surface area (Å²) in [6.07, 6.45) is 2.18. The van der Waals surface area contributed by atoms with E-state index in [2.05, 4.69) is 29.2 Å². The molecule has 94 valence electrons. The number of nitrogens with two attached hydrogens (primary N) is 1. The maximum absolute atomic E-state index is 9.11. The van der Waals surface area contributed by atoms with Gasteiger partial charge in [-0.3, -0.25) is 0 Å². The third-order valence-corrected chi connectivity index (χ3v) is 3.66. The standard InChI is InChI=1S/C14H22N2O/c1-11(15)13-2-4-14(5-3-13)16-8-6-12(10-17)7-9-16/h2-5,11-12,17H,6-10,15H2,1H3/t11-/m0/s1. The lowest BCUT2D eigenvalue weighted by molar-refractivity contribution is 0.203. The molecule has 3 nitrogen and oxygen atoms in total. The fourth-order valence-electron chi connectivity index (χ4n) is 2.36. The van der Waals surface area contributed by atoms with Crippen molar-refractivity contribution in [3.8, 4) is 0 Å². The molecule has 2 rings (SSSR count). The number of nitrogens with zero attached hydrogens (tertiary/aromatic N) is 1. The molecule has 1 aliphatic rings. The Labute approximate surface area is 103 Å². The normalized spacial score (nSPS) is 19.4. The molecule has 0 aliphatic carbocycles. The summed E-state index contributed by atoms with van der Waals surface area (Å²) in [6, 6.07) is 8.62. The van der Waals surface area contributed by atoms with Gasteiger partial charge in [-0.1, -0.05) is 12.1 Å². The van der Waals surface area contributed by atoms with Gasteiger partial charge in [-0.05, 0) is 43.4 Å². The van der Waals surface area contributed by atoms with E-state index in [4.69, 9.17) is 10.8 Å². The van der Waals surface area contributed by atoms with Gasteiger partial charge in [-0.15, -0.1) is 0 Å². The molecule has 0 bridgehead atoms. The van der Waals surface area contributed by atoms with E-state index in [-0.39, 0.29) is 6.04 Å². The second kappa shape index (κ2) is 5.52. The maximum Gasteiger partial charge on any atom is 0.0460 e. The molecule has 17 heavy (non-hydrogen) atoms. The zero-order valence-corrected chi connectivity index (χ0v) is 10.5. The summed E-state index contributed by atoms with van der Waals surface area (Å²) in [6.45, 7) is 4.42. The Hall–Kier alpha value is -1.06. The minimum Gasteiger partial charge on any atom is -0.396 e. The van der Waals surface area contributed by atoms with Crippen LogP contribution in [-0.2, 0) is 0 Å². The first kappa shape index (κ1) is 12.4. The summed E-state index contributed by atoms with van der Waals surface area (Å²) in [5, 5.41) is 9.11. The molecule has 0 amide bonds. The molecule has 1 aromatic carbocycles. The van der Waals surface area contributed by atoms with Crippen LogP contribution in [0.4, 0.5) is 5.69 Å². The van der Waals surface area contributed by atoms with E-state index < -0.39 is 0 Å². The molecule has 3 N–H and O–H groups in total. The lowest BCUT2D eigenvalue weighted by atomic mass is 9.97. The van der Waals surface area contributed by atoms with Crippen LogP contribution in [0.3, 0.4) is 0 Å². The molecule has 1 aliphatic heterocycles. The zero-order chi connectivity index (χ0) is 12.3. The molecular formula is C14H22N2O. The Bertz CT molecular complexity index is 340. The number of benzene rings is 1. The van der Waals surface area contributed by atoms with E-state index in [0.717, 1.165) is 25.9 Å². The number of piperidine rings is 1. The van der Waals surface area contributed by atoms with Gasteiger partial charge in [-0.2, -0.15) is 0 Å². The van der Waals surface area contributed by atoms with Crippen molar-refractivity contribution in [2.45, 2.75) is 25.8 Å². The van der Waals surface area contributed by atoms with E-state index in [1.807, 2.05) is 6.92 Å². The highest BCUT2D eigenvalue weighted by Crippen LogP contribution is 2.24. The molecule has 0 aromatic heterocycles. The minimum absolute atomic E-state index is 0.101. The predicted molar refractivity (Wildman–Crippen MR) is 71.1 cm³/mol. The van der Waals surface area contributed by atoms with Gasteiger partial charge >= 0.3 is 0 Å². The molecule has 1 fully saturated rings. The number of rotatable bonds is 3. The molecular weight excluding hydrogens is 212 g/mol. The van der Waals surface area contributed by atoms with Crippen LogP contribution < -0.4 is 10.6 Å². The molecule has 3 heteroatoms. The van der Waals surface area contributed by atoms with Gasteiger partial charge in [0.15, 0.2) is 0 Å². The van der Waals surface area contributed by atoms with Crippen LogP contribution in [0.15, 0.2) is 24.3 Å². The van der Waals surface area contributed by atoms with Crippen LogP contribution in [0, 0.1) is 5.92 Å². The summed E-state index contributed by atoms with van der Waals surface area (Å²) < 4.78 is 0. The van der Waals surface area contributed by atoms with Crippen molar-refractivity contribution in [3.05, 3.63) is 29.8 Å². The first-order valence-corrected chi connectivity index (χ1v) is 6.42. The number of hydrogen-bond acceptors (Lipinski definition) is 3. The van der Waals surface area contributed by atoms with Crippen molar-refractivity contribution in [2.75, 3.05) is 24.6 Å². The molecule has 1 aromatic rings. The van der Waals surface area contributed by atoms with Gasteiger partial charge in [0, 0.05) is 31.4 Å².